The summed E-state index contributed by atoms with van der Waals surface area (Å²) in [6, 6.07) is 27.4. The van der Waals surface area contributed by atoms with Gasteiger partial charge in [-0.1, -0.05) is 72.8 Å². The third-order valence-corrected chi connectivity index (χ3v) is 5.17. The van der Waals surface area contributed by atoms with Crippen molar-refractivity contribution in [3.8, 4) is 0 Å². The van der Waals surface area contributed by atoms with Crippen LogP contribution in [-0.2, 0) is 6.42 Å². The molecule has 0 unspecified atom stereocenters. The number of benzene rings is 3. The maximum Gasteiger partial charge on any atom is 0.253 e. The van der Waals surface area contributed by atoms with Crippen molar-refractivity contribution < 1.29 is 9.90 Å². The van der Waals surface area contributed by atoms with Crippen LogP contribution in [0.15, 0.2) is 91.1 Å². The van der Waals surface area contributed by atoms with E-state index in [9.17, 15) is 9.90 Å². The highest BCUT2D eigenvalue weighted by Gasteiger charge is 2.16. The number of rotatable bonds is 7. The minimum atomic E-state index is -0.368. The van der Waals surface area contributed by atoms with Crippen LogP contribution >= 0.6 is 0 Å². The lowest BCUT2D eigenvalue weighted by Gasteiger charge is -2.17. The van der Waals surface area contributed by atoms with Crippen molar-refractivity contribution in [3.05, 3.63) is 114 Å². The normalized spacial score (nSPS) is 12.2. The standard InChI is InChI=1S/C27H24N2O2/c30-19-24(18-20-7-2-1-3-8-20)29-27(31)25-11-6-16-28-26(25)15-13-21-12-14-22-9-4-5-10-23(22)17-21/h1-17,24,30H,18-19H2,(H,29,31)/t24-/m0/s1. The third-order valence-electron chi connectivity index (χ3n) is 5.17. The summed E-state index contributed by atoms with van der Waals surface area (Å²) in [6.07, 6.45) is 6.04. The topological polar surface area (TPSA) is 62.2 Å². The van der Waals surface area contributed by atoms with Crippen LogP contribution in [0, 0.1) is 0 Å². The number of carbonyl (C=O) groups is 1. The van der Waals surface area contributed by atoms with E-state index in [2.05, 4.69) is 34.6 Å². The van der Waals surface area contributed by atoms with Gasteiger partial charge in [-0.3, -0.25) is 9.78 Å². The molecule has 2 N–H and O–H groups in total. The number of fused-ring (bicyclic) bond motifs is 1. The highest BCUT2D eigenvalue weighted by atomic mass is 16.3. The number of aromatic nitrogens is 1. The zero-order valence-corrected chi connectivity index (χ0v) is 17.1. The van der Waals surface area contributed by atoms with E-state index in [1.54, 1.807) is 18.3 Å². The number of pyridine rings is 1. The zero-order chi connectivity index (χ0) is 21.5. The molecule has 0 radical (unpaired) electrons. The first-order valence-corrected chi connectivity index (χ1v) is 10.3. The van der Waals surface area contributed by atoms with Crippen LogP contribution in [0.5, 0.6) is 0 Å². The molecule has 1 atom stereocenters. The first-order chi connectivity index (χ1) is 15.2. The van der Waals surface area contributed by atoms with Crippen molar-refractivity contribution in [2.45, 2.75) is 12.5 Å². The number of amides is 1. The fourth-order valence-corrected chi connectivity index (χ4v) is 3.55. The van der Waals surface area contributed by atoms with Crippen molar-refractivity contribution in [3.63, 3.8) is 0 Å². The molecule has 4 nitrogen and oxygen atoms in total. The van der Waals surface area contributed by atoms with Gasteiger partial charge < -0.3 is 10.4 Å². The molecule has 4 heteroatoms. The zero-order valence-electron chi connectivity index (χ0n) is 17.1. The second kappa shape index (κ2) is 9.83. The van der Waals surface area contributed by atoms with Gasteiger partial charge in [-0.15, -0.1) is 0 Å². The molecule has 1 amide bonds. The minimum absolute atomic E-state index is 0.136. The van der Waals surface area contributed by atoms with E-state index in [0.29, 0.717) is 17.7 Å². The second-order valence-corrected chi connectivity index (χ2v) is 7.42. The van der Waals surface area contributed by atoms with Crippen LogP contribution < -0.4 is 5.32 Å². The van der Waals surface area contributed by atoms with Crippen molar-refractivity contribution in [1.29, 1.82) is 0 Å². The quantitative estimate of drug-likeness (QED) is 0.464. The van der Waals surface area contributed by atoms with Gasteiger partial charge in [-0.2, -0.15) is 0 Å². The molecule has 0 saturated heterocycles. The number of nitrogens with one attached hydrogen (secondary N) is 1. The second-order valence-electron chi connectivity index (χ2n) is 7.42. The molecule has 4 aromatic rings. The Bertz CT molecular complexity index is 1200. The highest BCUT2D eigenvalue weighted by Crippen LogP contribution is 2.18. The Kier molecular flexibility index (Phi) is 6.50. The molecule has 1 aromatic heterocycles. The summed E-state index contributed by atoms with van der Waals surface area (Å²) in [5.74, 6) is -0.249. The Morgan fingerprint density at radius 3 is 2.48 bits per heavy atom. The van der Waals surface area contributed by atoms with Gasteiger partial charge in [0.05, 0.1) is 23.9 Å². The van der Waals surface area contributed by atoms with Crippen LogP contribution in [0.25, 0.3) is 22.9 Å². The smallest absolute Gasteiger partial charge is 0.253 e. The predicted octanol–water partition coefficient (Wildman–Crippen LogP) is 4.74. The Labute approximate surface area is 181 Å². The van der Waals surface area contributed by atoms with Gasteiger partial charge in [-0.05, 0) is 52.6 Å². The summed E-state index contributed by atoms with van der Waals surface area (Å²) in [5.41, 5.74) is 3.16. The fraction of sp³-hybridized carbons (Fsp3) is 0.111. The van der Waals surface area contributed by atoms with Crippen LogP contribution in [0.1, 0.15) is 27.2 Å². The summed E-state index contributed by atoms with van der Waals surface area (Å²) in [7, 11) is 0. The van der Waals surface area contributed by atoms with Crippen molar-refractivity contribution in [2.24, 2.45) is 0 Å². The summed E-state index contributed by atoms with van der Waals surface area (Å²) in [6.45, 7) is -0.136. The molecule has 31 heavy (non-hydrogen) atoms. The summed E-state index contributed by atoms with van der Waals surface area (Å²) < 4.78 is 0. The van der Waals surface area contributed by atoms with Crippen molar-refractivity contribution in [1.82, 2.24) is 10.3 Å². The first kappa shape index (κ1) is 20.5. The number of hydrogen-bond acceptors (Lipinski definition) is 3. The highest BCUT2D eigenvalue weighted by molar-refractivity contribution is 5.98. The number of aliphatic hydroxyl groups excluding tert-OH is 1. The maximum absolute atomic E-state index is 12.9. The van der Waals surface area contributed by atoms with Gasteiger partial charge in [0.25, 0.3) is 5.91 Å². The molecule has 3 aromatic carbocycles. The molecule has 4 rings (SSSR count). The summed E-state index contributed by atoms with van der Waals surface area (Å²) in [4.78, 5) is 17.3. The van der Waals surface area contributed by atoms with Gasteiger partial charge >= 0.3 is 0 Å². The molecule has 0 aliphatic heterocycles. The van der Waals surface area contributed by atoms with Crippen LogP contribution in [-0.4, -0.2) is 28.6 Å². The molecule has 0 bridgehead atoms. The maximum atomic E-state index is 12.9. The monoisotopic (exact) mass is 408 g/mol. The number of hydrogen-bond donors (Lipinski definition) is 2. The lowest BCUT2D eigenvalue weighted by Crippen LogP contribution is -2.39. The summed E-state index contributed by atoms with van der Waals surface area (Å²) in [5, 5.41) is 15.0. The van der Waals surface area contributed by atoms with Gasteiger partial charge in [-0.25, -0.2) is 0 Å². The minimum Gasteiger partial charge on any atom is -0.394 e. The van der Waals surface area contributed by atoms with Crippen LogP contribution in [0.4, 0.5) is 0 Å². The molecule has 0 fully saturated rings. The number of aliphatic hydroxyl groups is 1. The lowest BCUT2D eigenvalue weighted by molar-refractivity contribution is 0.0916. The molecule has 154 valence electrons. The number of carbonyl (C=O) groups excluding carboxylic acids is 1. The van der Waals surface area contributed by atoms with E-state index in [4.69, 9.17) is 0 Å². The molecule has 0 spiro atoms. The van der Waals surface area contributed by atoms with Crippen molar-refractivity contribution in [2.75, 3.05) is 6.61 Å². The average Bonchev–Trinajstić information content (AvgIpc) is 2.83. The van der Waals surface area contributed by atoms with Gasteiger partial charge in [0.1, 0.15) is 0 Å². The molecule has 0 aliphatic rings. The molecule has 0 aliphatic carbocycles. The SMILES string of the molecule is O=C(N[C@H](CO)Cc1ccccc1)c1cccnc1C=Cc1ccc2ccccc2c1. The third kappa shape index (κ3) is 5.24. The Balaban J connectivity index is 1.51. The van der Waals surface area contributed by atoms with Crippen molar-refractivity contribution >= 4 is 28.8 Å². The van der Waals surface area contributed by atoms with E-state index in [-0.39, 0.29) is 18.6 Å². The molecule has 0 saturated carbocycles. The first-order valence-electron chi connectivity index (χ1n) is 10.3. The van der Waals surface area contributed by atoms with E-state index >= 15 is 0 Å². The van der Waals surface area contributed by atoms with Gasteiger partial charge in [0.15, 0.2) is 0 Å². The van der Waals surface area contributed by atoms with Crippen LogP contribution in [0.2, 0.25) is 0 Å². The van der Waals surface area contributed by atoms with Crippen LogP contribution in [0.3, 0.4) is 0 Å². The molecular weight excluding hydrogens is 384 g/mol. The molecular formula is C27H24N2O2. The lowest BCUT2D eigenvalue weighted by atomic mass is 10.0. The Hall–Kier alpha value is -3.76. The average molecular weight is 409 g/mol. The largest absolute Gasteiger partial charge is 0.394 e. The van der Waals surface area contributed by atoms with E-state index in [0.717, 1.165) is 16.5 Å². The number of nitrogens with zero attached hydrogens (tertiary/aromatic N) is 1. The Morgan fingerprint density at radius 2 is 1.68 bits per heavy atom. The van der Waals surface area contributed by atoms with E-state index < -0.39 is 0 Å². The van der Waals surface area contributed by atoms with E-state index in [1.807, 2.05) is 60.7 Å². The van der Waals surface area contributed by atoms with E-state index in [1.165, 1.54) is 5.39 Å². The summed E-state index contributed by atoms with van der Waals surface area (Å²) >= 11 is 0. The predicted molar refractivity (Wildman–Crippen MR) is 126 cm³/mol. The Morgan fingerprint density at radius 1 is 0.903 bits per heavy atom. The fourth-order valence-electron chi connectivity index (χ4n) is 3.55. The molecule has 1 heterocycles. The van der Waals surface area contributed by atoms with Gasteiger partial charge in [0.2, 0.25) is 0 Å². The van der Waals surface area contributed by atoms with Gasteiger partial charge in [0, 0.05) is 6.20 Å².